The van der Waals surface area contributed by atoms with Gasteiger partial charge in [0.25, 0.3) is 0 Å². The summed E-state index contributed by atoms with van der Waals surface area (Å²) in [4.78, 5) is 12.9. The van der Waals surface area contributed by atoms with Gasteiger partial charge in [-0.05, 0) is 5.92 Å². The van der Waals surface area contributed by atoms with E-state index in [9.17, 15) is 4.79 Å². The molecular weight excluding hydrogens is 132 g/mol. The highest BCUT2D eigenvalue weighted by atomic mass is 16.5. The zero-order chi connectivity index (χ0) is 7.56. The lowest BCUT2D eigenvalue weighted by atomic mass is 10.1. The average Bonchev–Trinajstić information content (AvgIpc) is 2.13. The van der Waals surface area contributed by atoms with Crippen molar-refractivity contribution in [3.05, 3.63) is 16.4 Å². The Labute approximate surface area is 58.2 Å². The van der Waals surface area contributed by atoms with Crippen LogP contribution in [-0.2, 0) is 6.42 Å². The fourth-order valence-electron chi connectivity index (χ4n) is 0.735. The van der Waals surface area contributed by atoms with Gasteiger partial charge in [-0.25, -0.2) is 4.79 Å². The van der Waals surface area contributed by atoms with E-state index in [1.165, 1.54) is 0 Å². The minimum atomic E-state index is -0.476. The third kappa shape index (κ3) is 1.72. The third-order valence-corrected chi connectivity index (χ3v) is 1.09. The second-order valence-electron chi connectivity index (χ2n) is 2.64. The number of aromatic nitrogens is 2. The van der Waals surface area contributed by atoms with E-state index in [1.54, 1.807) is 0 Å². The highest BCUT2D eigenvalue weighted by Gasteiger charge is 2.01. The molecule has 0 saturated carbocycles. The molecule has 1 heterocycles. The van der Waals surface area contributed by atoms with Crippen molar-refractivity contribution >= 4 is 0 Å². The number of aromatic amines is 1. The minimum Gasteiger partial charge on any atom is -0.296 e. The van der Waals surface area contributed by atoms with Crippen LogP contribution in [0.3, 0.4) is 0 Å². The average molecular weight is 142 g/mol. The van der Waals surface area contributed by atoms with Gasteiger partial charge in [-0.1, -0.05) is 19.0 Å². The van der Waals surface area contributed by atoms with Crippen LogP contribution in [0.1, 0.15) is 19.7 Å². The van der Waals surface area contributed by atoms with E-state index in [-0.39, 0.29) is 0 Å². The summed E-state index contributed by atoms with van der Waals surface area (Å²) >= 11 is 0. The number of hydrogen-bond donors (Lipinski definition) is 1. The molecule has 0 atom stereocenters. The van der Waals surface area contributed by atoms with Crippen LogP contribution in [0.2, 0.25) is 0 Å². The van der Waals surface area contributed by atoms with Gasteiger partial charge in [0.1, 0.15) is 0 Å². The van der Waals surface area contributed by atoms with Crippen molar-refractivity contribution < 1.29 is 4.52 Å². The maximum Gasteiger partial charge on any atom is 0.438 e. The number of nitrogens with zero attached hydrogens (tertiary/aromatic N) is 1. The SMILES string of the molecule is CC(C)Cc1noc(=O)[nH]1. The first-order valence-corrected chi connectivity index (χ1v) is 3.23. The van der Waals surface area contributed by atoms with Crippen molar-refractivity contribution in [1.29, 1.82) is 0 Å². The highest BCUT2D eigenvalue weighted by molar-refractivity contribution is 4.78. The van der Waals surface area contributed by atoms with Crippen molar-refractivity contribution in [3.8, 4) is 0 Å². The predicted molar refractivity (Wildman–Crippen MR) is 35.7 cm³/mol. The molecule has 1 aromatic heterocycles. The standard InChI is InChI=1S/C6H10N2O2/c1-4(2)3-5-7-6(9)10-8-5/h4H,3H2,1-2H3,(H,7,8,9). The van der Waals surface area contributed by atoms with Crippen LogP contribution in [0.15, 0.2) is 9.32 Å². The Bertz CT molecular complexity index is 248. The third-order valence-electron chi connectivity index (χ3n) is 1.09. The van der Waals surface area contributed by atoms with Gasteiger partial charge in [-0.15, -0.1) is 0 Å². The van der Waals surface area contributed by atoms with Crippen LogP contribution in [-0.4, -0.2) is 10.1 Å². The Morgan fingerprint density at radius 1 is 1.70 bits per heavy atom. The van der Waals surface area contributed by atoms with Gasteiger partial charge in [0.15, 0.2) is 5.82 Å². The molecule has 0 aliphatic heterocycles. The molecule has 0 aliphatic rings. The van der Waals surface area contributed by atoms with Gasteiger partial charge in [-0.2, -0.15) is 0 Å². The number of hydrogen-bond acceptors (Lipinski definition) is 3. The second-order valence-corrected chi connectivity index (χ2v) is 2.64. The maximum atomic E-state index is 10.4. The van der Waals surface area contributed by atoms with E-state index in [1.807, 2.05) is 13.8 Å². The molecule has 0 aliphatic carbocycles. The lowest BCUT2D eigenvalue weighted by Gasteiger charge is -1.96. The lowest BCUT2D eigenvalue weighted by Crippen LogP contribution is -2.00. The van der Waals surface area contributed by atoms with E-state index in [4.69, 9.17) is 0 Å². The molecule has 4 heteroatoms. The zero-order valence-electron chi connectivity index (χ0n) is 6.05. The van der Waals surface area contributed by atoms with Crippen molar-refractivity contribution in [1.82, 2.24) is 10.1 Å². The Morgan fingerprint density at radius 3 is 2.80 bits per heavy atom. The number of rotatable bonds is 2. The van der Waals surface area contributed by atoms with Crippen molar-refractivity contribution in [2.45, 2.75) is 20.3 Å². The normalized spacial score (nSPS) is 10.7. The van der Waals surface area contributed by atoms with E-state index >= 15 is 0 Å². The molecule has 1 aromatic rings. The van der Waals surface area contributed by atoms with Gasteiger partial charge in [0.2, 0.25) is 0 Å². The van der Waals surface area contributed by atoms with E-state index in [2.05, 4.69) is 14.7 Å². The molecule has 1 N–H and O–H groups in total. The summed E-state index contributed by atoms with van der Waals surface area (Å²) in [6, 6.07) is 0. The smallest absolute Gasteiger partial charge is 0.296 e. The largest absolute Gasteiger partial charge is 0.438 e. The monoisotopic (exact) mass is 142 g/mol. The van der Waals surface area contributed by atoms with E-state index < -0.39 is 5.76 Å². The summed E-state index contributed by atoms with van der Waals surface area (Å²) in [5.41, 5.74) is 0. The molecule has 1 rings (SSSR count). The van der Waals surface area contributed by atoms with Gasteiger partial charge < -0.3 is 0 Å². The van der Waals surface area contributed by atoms with Gasteiger partial charge in [0, 0.05) is 6.42 Å². The number of nitrogens with one attached hydrogen (secondary N) is 1. The topological polar surface area (TPSA) is 58.9 Å². The Balaban J connectivity index is 2.67. The molecule has 4 nitrogen and oxygen atoms in total. The highest BCUT2D eigenvalue weighted by Crippen LogP contribution is 1.98. The fourth-order valence-corrected chi connectivity index (χ4v) is 0.735. The molecule has 56 valence electrons. The molecule has 10 heavy (non-hydrogen) atoms. The molecule has 0 spiro atoms. The van der Waals surface area contributed by atoms with Crippen molar-refractivity contribution in [2.24, 2.45) is 5.92 Å². The molecule has 0 saturated heterocycles. The maximum absolute atomic E-state index is 10.4. The summed E-state index contributed by atoms with van der Waals surface area (Å²) in [6.45, 7) is 4.10. The second kappa shape index (κ2) is 2.68. The minimum absolute atomic E-state index is 0.476. The molecule has 0 aromatic carbocycles. The predicted octanol–water partition coefficient (Wildman–Crippen LogP) is 0.561. The van der Waals surface area contributed by atoms with Crippen LogP contribution in [0.5, 0.6) is 0 Å². The van der Waals surface area contributed by atoms with Gasteiger partial charge in [-0.3, -0.25) is 9.51 Å². The number of H-pyrrole nitrogens is 1. The van der Waals surface area contributed by atoms with Gasteiger partial charge in [0.05, 0.1) is 0 Å². The molecule has 0 bridgehead atoms. The summed E-state index contributed by atoms with van der Waals surface area (Å²) in [7, 11) is 0. The van der Waals surface area contributed by atoms with Crippen LogP contribution < -0.4 is 5.76 Å². The Hall–Kier alpha value is -1.06. The summed E-state index contributed by atoms with van der Waals surface area (Å²) in [5, 5.41) is 3.51. The molecule has 0 amide bonds. The van der Waals surface area contributed by atoms with Crippen LogP contribution in [0, 0.1) is 5.92 Å². The molecule has 0 unspecified atom stereocenters. The van der Waals surface area contributed by atoms with Crippen LogP contribution in [0.25, 0.3) is 0 Å². The fraction of sp³-hybridized carbons (Fsp3) is 0.667. The van der Waals surface area contributed by atoms with Gasteiger partial charge >= 0.3 is 5.76 Å². The summed E-state index contributed by atoms with van der Waals surface area (Å²) in [6.07, 6.45) is 0.756. The lowest BCUT2D eigenvalue weighted by molar-refractivity contribution is 0.378. The van der Waals surface area contributed by atoms with Crippen molar-refractivity contribution in [3.63, 3.8) is 0 Å². The molecule has 0 radical (unpaired) electrons. The molecule has 0 fully saturated rings. The van der Waals surface area contributed by atoms with E-state index in [0.717, 1.165) is 6.42 Å². The quantitative estimate of drug-likeness (QED) is 0.656. The van der Waals surface area contributed by atoms with Crippen molar-refractivity contribution in [2.75, 3.05) is 0 Å². The first kappa shape index (κ1) is 7.05. The first-order chi connectivity index (χ1) is 4.68. The van der Waals surface area contributed by atoms with Crippen LogP contribution >= 0.6 is 0 Å². The van der Waals surface area contributed by atoms with Crippen LogP contribution in [0.4, 0.5) is 0 Å². The molecular formula is C6H10N2O2. The summed E-state index contributed by atoms with van der Waals surface area (Å²) < 4.78 is 4.30. The first-order valence-electron chi connectivity index (χ1n) is 3.23. The van der Waals surface area contributed by atoms with E-state index in [0.29, 0.717) is 11.7 Å². The zero-order valence-corrected chi connectivity index (χ0v) is 6.05. The Kier molecular flexibility index (Phi) is 1.89. The summed E-state index contributed by atoms with van der Waals surface area (Å²) in [5.74, 6) is 0.636. The Morgan fingerprint density at radius 2 is 2.40 bits per heavy atom.